The van der Waals surface area contributed by atoms with Crippen molar-refractivity contribution in [1.82, 2.24) is 5.32 Å². The van der Waals surface area contributed by atoms with Gasteiger partial charge in [0.1, 0.15) is 0 Å². The molecule has 1 aromatic rings. The van der Waals surface area contributed by atoms with Gasteiger partial charge in [-0.05, 0) is 37.0 Å². The maximum absolute atomic E-state index is 10.2. The third kappa shape index (κ3) is 2.75. The maximum atomic E-state index is 10.2. The van der Waals surface area contributed by atoms with Crippen LogP contribution >= 0.6 is 0 Å². The van der Waals surface area contributed by atoms with Gasteiger partial charge in [-0.15, -0.1) is 0 Å². The van der Waals surface area contributed by atoms with Crippen molar-refractivity contribution in [2.75, 3.05) is 18.0 Å². The molecule has 1 N–H and O–H groups in total. The SMILES string of the molecule is O=CNCc1ccc(N2CCCCC2)cc1. The molecule has 1 heterocycles. The molecule has 0 aromatic heterocycles. The van der Waals surface area contributed by atoms with Crippen LogP contribution in [0.15, 0.2) is 24.3 Å². The number of nitrogens with one attached hydrogen (secondary N) is 1. The number of amides is 1. The van der Waals surface area contributed by atoms with Crippen LogP contribution in [0.3, 0.4) is 0 Å². The second kappa shape index (κ2) is 5.54. The smallest absolute Gasteiger partial charge is 0.207 e. The third-order valence-electron chi connectivity index (χ3n) is 3.05. The number of rotatable bonds is 4. The Kier molecular flexibility index (Phi) is 3.81. The van der Waals surface area contributed by atoms with E-state index in [1.54, 1.807) is 0 Å². The Morgan fingerprint density at radius 1 is 1.12 bits per heavy atom. The monoisotopic (exact) mass is 218 g/mol. The summed E-state index contributed by atoms with van der Waals surface area (Å²) in [6, 6.07) is 8.46. The van der Waals surface area contributed by atoms with Crippen LogP contribution in [0.5, 0.6) is 0 Å². The molecule has 0 radical (unpaired) electrons. The van der Waals surface area contributed by atoms with E-state index < -0.39 is 0 Å². The van der Waals surface area contributed by atoms with Gasteiger partial charge in [0.05, 0.1) is 0 Å². The van der Waals surface area contributed by atoms with E-state index in [1.165, 1.54) is 38.0 Å². The molecule has 0 bridgehead atoms. The van der Waals surface area contributed by atoms with Crippen LogP contribution in [0.2, 0.25) is 0 Å². The van der Waals surface area contributed by atoms with Gasteiger partial charge in [0.15, 0.2) is 0 Å². The van der Waals surface area contributed by atoms with Crippen LogP contribution in [0, 0.1) is 0 Å². The van der Waals surface area contributed by atoms with Gasteiger partial charge >= 0.3 is 0 Å². The van der Waals surface area contributed by atoms with E-state index >= 15 is 0 Å². The van der Waals surface area contributed by atoms with E-state index in [2.05, 4.69) is 34.5 Å². The van der Waals surface area contributed by atoms with Crippen molar-refractivity contribution in [3.05, 3.63) is 29.8 Å². The molecule has 1 aliphatic rings. The number of anilines is 1. The predicted molar refractivity (Wildman–Crippen MR) is 65.4 cm³/mol. The predicted octanol–water partition coefficient (Wildman–Crippen LogP) is 1.92. The molecule has 0 unspecified atom stereocenters. The molecule has 3 heteroatoms. The van der Waals surface area contributed by atoms with Crippen molar-refractivity contribution in [1.29, 1.82) is 0 Å². The maximum Gasteiger partial charge on any atom is 0.207 e. The number of hydrogen-bond acceptors (Lipinski definition) is 2. The van der Waals surface area contributed by atoms with Crippen LogP contribution in [0.1, 0.15) is 24.8 Å². The minimum Gasteiger partial charge on any atom is -0.372 e. The highest BCUT2D eigenvalue weighted by Gasteiger charge is 2.10. The normalized spacial score (nSPS) is 15.9. The molecule has 0 spiro atoms. The van der Waals surface area contributed by atoms with E-state index in [4.69, 9.17) is 0 Å². The number of carbonyl (C=O) groups is 1. The number of benzene rings is 1. The first kappa shape index (κ1) is 11.0. The van der Waals surface area contributed by atoms with Crippen LogP contribution in [0.4, 0.5) is 5.69 Å². The fourth-order valence-corrected chi connectivity index (χ4v) is 2.14. The summed E-state index contributed by atoms with van der Waals surface area (Å²) in [6.07, 6.45) is 4.69. The standard InChI is InChI=1S/C13H18N2O/c16-11-14-10-12-4-6-13(7-5-12)15-8-2-1-3-9-15/h4-7,11H,1-3,8-10H2,(H,14,16). The summed E-state index contributed by atoms with van der Waals surface area (Å²) in [5, 5.41) is 2.67. The lowest BCUT2D eigenvalue weighted by atomic mass is 10.1. The Balaban J connectivity index is 1.97. The molecule has 0 aliphatic carbocycles. The topological polar surface area (TPSA) is 32.3 Å². The largest absolute Gasteiger partial charge is 0.372 e. The van der Waals surface area contributed by atoms with E-state index in [-0.39, 0.29) is 0 Å². The molecule has 1 fully saturated rings. The number of hydrogen-bond donors (Lipinski definition) is 1. The summed E-state index contributed by atoms with van der Waals surface area (Å²) in [7, 11) is 0. The van der Waals surface area contributed by atoms with Crippen LogP contribution in [-0.4, -0.2) is 19.5 Å². The molecular weight excluding hydrogens is 200 g/mol. The quantitative estimate of drug-likeness (QED) is 0.783. The first-order valence-corrected chi connectivity index (χ1v) is 5.91. The molecule has 1 aromatic carbocycles. The van der Waals surface area contributed by atoms with Crippen molar-refractivity contribution in [2.45, 2.75) is 25.8 Å². The summed E-state index contributed by atoms with van der Waals surface area (Å²) < 4.78 is 0. The average Bonchev–Trinajstić information content (AvgIpc) is 2.38. The lowest BCUT2D eigenvalue weighted by molar-refractivity contribution is -0.109. The van der Waals surface area contributed by atoms with E-state index in [0.29, 0.717) is 6.54 Å². The van der Waals surface area contributed by atoms with Crippen LogP contribution < -0.4 is 10.2 Å². The molecule has 16 heavy (non-hydrogen) atoms. The van der Waals surface area contributed by atoms with Crippen molar-refractivity contribution < 1.29 is 4.79 Å². The Labute approximate surface area is 96.5 Å². The van der Waals surface area contributed by atoms with Gasteiger partial charge in [0, 0.05) is 25.3 Å². The zero-order valence-corrected chi connectivity index (χ0v) is 9.48. The molecule has 0 atom stereocenters. The molecule has 3 nitrogen and oxygen atoms in total. The molecule has 1 amide bonds. The van der Waals surface area contributed by atoms with Crippen molar-refractivity contribution in [2.24, 2.45) is 0 Å². The number of piperidine rings is 1. The third-order valence-corrected chi connectivity index (χ3v) is 3.05. The first-order chi connectivity index (χ1) is 7.90. The van der Waals surface area contributed by atoms with Crippen molar-refractivity contribution >= 4 is 12.1 Å². The van der Waals surface area contributed by atoms with Gasteiger partial charge in [-0.25, -0.2) is 0 Å². The van der Waals surface area contributed by atoms with Crippen LogP contribution in [-0.2, 0) is 11.3 Å². The minimum absolute atomic E-state index is 0.615. The molecule has 1 aliphatic heterocycles. The van der Waals surface area contributed by atoms with E-state index in [0.717, 1.165) is 12.0 Å². The lowest BCUT2D eigenvalue weighted by Crippen LogP contribution is -2.29. The number of nitrogens with zero attached hydrogens (tertiary/aromatic N) is 1. The van der Waals surface area contributed by atoms with Gasteiger partial charge in [-0.3, -0.25) is 4.79 Å². The summed E-state index contributed by atoms with van der Waals surface area (Å²) in [6.45, 7) is 2.96. The molecular formula is C13H18N2O. The Morgan fingerprint density at radius 2 is 1.81 bits per heavy atom. The second-order valence-electron chi connectivity index (χ2n) is 4.21. The summed E-state index contributed by atoms with van der Waals surface area (Å²) in [5.41, 5.74) is 2.45. The fourth-order valence-electron chi connectivity index (χ4n) is 2.14. The average molecular weight is 218 g/mol. The highest BCUT2D eigenvalue weighted by atomic mass is 16.1. The molecule has 1 saturated heterocycles. The summed E-state index contributed by atoms with van der Waals surface area (Å²) >= 11 is 0. The molecule has 0 saturated carbocycles. The van der Waals surface area contributed by atoms with Gasteiger partial charge in [0.25, 0.3) is 0 Å². The highest BCUT2D eigenvalue weighted by molar-refractivity contribution is 5.49. The first-order valence-electron chi connectivity index (χ1n) is 5.91. The van der Waals surface area contributed by atoms with Crippen molar-refractivity contribution in [3.8, 4) is 0 Å². The molecule has 2 rings (SSSR count). The zero-order chi connectivity index (χ0) is 11.2. The van der Waals surface area contributed by atoms with Gasteiger partial charge in [0.2, 0.25) is 6.41 Å². The Hall–Kier alpha value is -1.51. The van der Waals surface area contributed by atoms with E-state index in [1.807, 2.05) is 0 Å². The highest BCUT2D eigenvalue weighted by Crippen LogP contribution is 2.19. The zero-order valence-electron chi connectivity index (χ0n) is 9.48. The van der Waals surface area contributed by atoms with Crippen molar-refractivity contribution in [3.63, 3.8) is 0 Å². The fraction of sp³-hybridized carbons (Fsp3) is 0.462. The minimum atomic E-state index is 0.615. The van der Waals surface area contributed by atoms with Gasteiger partial charge < -0.3 is 10.2 Å². The van der Waals surface area contributed by atoms with Crippen LogP contribution in [0.25, 0.3) is 0 Å². The summed E-state index contributed by atoms with van der Waals surface area (Å²) in [5.74, 6) is 0. The summed E-state index contributed by atoms with van der Waals surface area (Å²) in [4.78, 5) is 12.6. The number of carbonyl (C=O) groups excluding carboxylic acids is 1. The van der Waals surface area contributed by atoms with Gasteiger partial charge in [-0.2, -0.15) is 0 Å². The Bertz CT molecular complexity index is 328. The van der Waals surface area contributed by atoms with E-state index in [9.17, 15) is 4.79 Å². The second-order valence-corrected chi connectivity index (χ2v) is 4.21. The van der Waals surface area contributed by atoms with Gasteiger partial charge in [-0.1, -0.05) is 12.1 Å². The molecule has 86 valence electrons. The Morgan fingerprint density at radius 3 is 2.44 bits per heavy atom. The lowest BCUT2D eigenvalue weighted by Gasteiger charge is -2.28.